The van der Waals surface area contributed by atoms with Gasteiger partial charge in [-0.15, -0.1) is 11.3 Å². The Morgan fingerprint density at radius 2 is 2.00 bits per heavy atom. The quantitative estimate of drug-likeness (QED) is 0.938. The second kappa shape index (κ2) is 6.50. The number of carboxylic acids is 1. The zero-order chi connectivity index (χ0) is 16.4. The summed E-state index contributed by atoms with van der Waals surface area (Å²) in [6, 6.07) is 9.75. The molecule has 0 aliphatic carbocycles. The number of hydrogen-bond acceptors (Lipinski definition) is 4. The van der Waals surface area contributed by atoms with E-state index in [9.17, 15) is 14.7 Å². The molecule has 120 valence electrons. The number of nitrogens with zero attached hydrogens (tertiary/aromatic N) is 2. The van der Waals surface area contributed by atoms with E-state index in [1.54, 1.807) is 10.3 Å². The van der Waals surface area contributed by atoms with Crippen LogP contribution in [0.2, 0.25) is 0 Å². The molecule has 1 aliphatic rings. The number of piperidine rings is 1. The Labute approximate surface area is 138 Å². The van der Waals surface area contributed by atoms with E-state index in [0.717, 1.165) is 10.6 Å². The van der Waals surface area contributed by atoms with Crippen molar-refractivity contribution in [2.45, 2.75) is 25.8 Å². The molecule has 1 N–H and O–H groups in total. The van der Waals surface area contributed by atoms with E-state index < -0.39 is 11.9 Å². The lowest BCUT2D eigenvalue weighted by atomic mass is 9.93. The molecule has 3 rings (SSSR count). The summed E-state index contributed by atoms with van der Waals surface area (Å²) in [5, 5.41) is 11.7. The maximum Gasteiger partial charge on any atom is 0.308 e. The van der Waals surface area contributed by atoms with E-state index in [4.69, 9.17) is 0 Å². The Morgan fingerprint density at radius 1 is 1.26 bits per heavy atom. The molecular weight excluding hydrogens is 312 g/mol. The first-order valence-corrected chi connectivity index (χ1v) is 8.49. The third kappa shape index (κ3) is 3.27. The monoisotopic (exact) mass is 330 g/mol. The Balaban J connectivity index is 1.80. The summed E-state index contributed by atoms with van der Waals surface area (Å²) in [5.74, 6) is -1.50. The Bertz CT molecular complexity index is 714. The molecule has 0 spiro atoms. The largest absolute Gasteiger partial charge is 0.481 e. The standard InChI is InChI=1S/C17H18N2O3S/c1-11-7-8-13(17(21)22)9-19(11)16(20)14-10-23-15(18-14)12-5-3-2-4-6-12/h2-6,10-11,13H,7-9H2,1H3,(H,21,22). The molecule has 1 aromatic carbocycles. The van der Waals surface area contributed by atoms with Gasteiger partial charge in [0.1, 0.15) is 10.7 Å². The number of benzene rings is 1. The number of carbonyl (C=O) groups is 2. The van der Waals surface area contributed by atoms with Gasteiger partial charge in [-0.1, -0.05) is 30.3 Å². The SMILES string of the molecule is CC1CCC(C(=O)O)CN1C(=O)c1csc(-c2ccccc2)n1. The molecule has 1 saturated heterocycles. The summed E-state index contributed by atoms with van der Waals surface area (Å²) in [4.78, 5) is 30.0. The van der Waals surface area contributed by atoms with Crippen LogP contribution < -0.4 is 0 Å². The number of aliphatic carboxylic acids is 1. The highest BCUT2D eigenvalue weighted by atomic mass is 32.1. The number of rotatable bonds is 3. The lowest BCUT2D eigenvalue weighted by Gasteiger charge is -2.36. The summed E-state index contributed by atoms with van der Waals surface area (Å²) in [6.45, 7) is 2.22. The van der Waals surface area contributed by atoms with Crippen LogP contribution in [0.3, 0.4) is 0 Å². The summed E-state index contributed by atoms with van der Waals surface area (Å²) < 4.78 is 0. The number of likely N-dealkylation sites (tertiary alicyclic amines) is 1. The fourth-order valence-corrected chi connectivity index (χ4v) is 3.62. The van der Waals surface area contributed by atoms with Crippen molar-refractivity contribution >= 4 is 23.2 Å². The third-order valence-electron chi connectivity index (χ3n) is 4.24. The third-order valence-corrected chi connectivity index (χ3v) is 5.13. The molecule has 0 radical (unpaired) electrons. The molecule has 1 fully saturated rings. The first kappa shape index (κ1) is 15.7. The number of aromatic nitrogens is 1. The van der Waals surface area contributed by atoms with Gasteiger partial charge in [-0.3, -0.25) is 9.59 Å². The predicted octanol–water partition coefficient (Wildman–Crippen LogP) is 3.14. The Morgan fingerprint density at radius 3 is 2.70 bits per heavy atom. The van der Waals surface area contributed by atoms with E-state index >= 15 is 0 Å². The van der Waals surface area contributed by atoms with Crippen molar-refractivity contribution in [2.75, 3.05) is 6.54 Å². The van der Waals surface area contributed by atoms with Crippen LogP contribution in [0.15, 0.2) is 35.7 Å². The van der Waals surface area contributed by atoms with E-state index in [1.807, 2.05) is 37.3 Å². The normalized spacial score (nSPS) is 21.2. The zero-order valence-electron chi connectivity index (χ0n) is 12.8. The molecular formula is C17H18N2O3S. The van der Waals surface area contributed by atoms with Gasteiger partial charge in [0.25, 0.3) is 5.91 Å². The van der Waals surface area contributed by atoms with Gasteiger partial charge >= 0.3 is 5.97 Å². The average Bonchev–Trinajstić information content (AvgIpc) is 3.05. The molecule has 2 aromatic rings. The van der Waals surface area contributed by atoms with Gasteiger partial charge in [0, 0.05) is 23.5 Å². The molecule has 1 aromatic heterocycles. The number of carboxylic acid groups (broad SMARTS) is 1. The van der Waals surface area contributed by atoms with Crippen LogP contribution in [0.25, 0.3) is 10.6 Å². The highest BCUT2D eigenvalue weighted by molar-refractivity contribution is 7.13. The summed E-state index contributed by atoms with van der Waals surface area (Å²) in [7, 11) is 0. The highest BCUT2D eigenvalue weighted by Gasteiger charge is 2.33. The van der Waals surface area contributed by atoms with Crippen molar-refractivity contribution in [2.24, 2.45) is 5.92 Å². The van der Waals surface area contributed by atoms with Gasteiger partial charge < -0.3 is 10.0 Å². The molecule has 5 nitrogen and oxygen atoms in total. The lowest BCUT2D eigenvalue weighted by molar-refractivity contribution is -0.143. The molecule has 2 atom stereocenters. The summed E-state index contributed by atoms with van der Waals surface area (Å²) >= 11 is 1.43. The van der Waals surface area contributed by atoms with E-state index in [-0.39, 0.29) is 18.5 Å². The van der Waals surface area contributed by atoms with Crippen molar-refractivity contribution in [3.05, 3.63) is 41.4 Å². The predicted molar refractivity (Wildman–Crippen MR) is 88.4 cm³/mol. The molecule has 2 unspecified atom stereocenters. The molecule has 6 heteroatoms. The number of carbonyl (C=O) groups excluding carboxylic acids is 1. The summed E-state index contributed by atoms with van der Waals surface area (Å²) in [6.07, 6.45) is 1.32. The molecule has 1 amide bonds. The van der Waals surface area contributed by atoms with Crippen LogP contribution in [-0.4, -0.2) is 39.5 Å². The van der Waals surface area contributed by atoms with Crippen molar-refractivity contribution < 1.29 is 14.7 Å². The topological polar surface area (TPSA) is 70.5 Å². The van der Waals surface area contributed by atoms with Crippen molar-refractivity contribution in [1.82, 2.24) is 9.88 Å². The first-order chi connectivity index (χ1) is 11.1. The highest BCUT2D eigenvalue weighted by Crippen LogP contribution is 2.27. The fourth-order valence-electron chi connectivity index (χ4n) is 2.82. The van der Waals surface area contributed by atoms with Crippen molar-refractivity contribution in [1.29, 1.82) is 0 Å². The van der Waals surface area contributed by atoms with Crippen molar-refractivity contribution in [3.63, 3.8) is 0 Å². The molecule has 0 saturated carbocycles. The number of amides is 1. The van der Waals surface area contributed by atoms with Gasteiger partial charge in [0.05, 0.1) is 5.92 Å². The minimum Gasteiger partial charge on any atom is -0.481 e. The van der Waals surface area contributed by atoms with Crippen LogP contribution in [-0.2, 0) is 4.79 Å². The van der Waals surface area contributed by atoms with Crippen LogP contribution in [0.4, 0.5) is 0 Å². The minimum absolute atomic E-state index is 0.0416. The minimum atomic E-state index is -0.835. The van der Waals surface area contributed by atoms with E-state index in [0.29, 0.717) is 18.5 Å². The Kier molecular flexibility index (Phi) is 4.43. The maximum absolute atomic E-state index is 12.7. The first-order valence-electron chi connectivity index (χ1n) is 7.61. The molecule has 1 aliphatic heterocycles. The smallest absolute Gasteiger partial charge is 0.308 e. The second-order valence-corrected chi connectivity index (χ2v) is 6.68. The lowest BCUT2D eigenvalue weighted by Crippen LogP contribution is -2.47. The van der Waals surface area contributed by atoms with Crippen LogP contribution >= 0.6 is 11.3 Å². The fraction of sp³-hybridized carbons (Fsp3) is 0.353. The van der Waals surface area contributed by atoms with E-state index in [2.05, 4.69) is 4.98 Å². The van der Waals surface area contributed by atoms with Gasteiger partial charge in [-0.05, 0) is 19.8 Å². The number of hydrogen-bond donors (Lipinski definition) is 1. The molecule has 2 heterocycles. The van der Waals surface area contributed by atoms with Gasteiger partial charge in [0.15, 0.2) is 0 Å². The second-order valence-electron chi connectivity index (χ2n) is 5.82. The number of thiazole rings is 1. The Hall–Kier alpha value is -2.21. The van der Waals surface area contributed by atoms with Crippen molar-refractivity contribution in [3.8, 4) is 10.6 Å². The molecule has 0 bridgehead atoms. The van der Waals surface area contributed by atoms with E-state index in [1.165, 1.54) is 11.3 Å². The zero-order valence-corrected chi connectivity index (χ0v) is 13.6. The van der Waals surface area contributed by atoms with Crippen LogP contribution in [0.5, 0.6) is 0 Å². The maximum atomic E-state index is 12.7. The van der Waals surface area contributed by atoms with Crippen LogP contribution in [0.1, 0.15) is 30.3 Å². The van der Waals surface area contributed by atoms with Gasteiger partial charge in [0.2, 0.25) is 0 Å². The van der Waals surface area contributed by atoms with Gasteiger partial charge in [-0.2, -0.15) is 0 Å². The van der Waals surface area contributed by atoms with Gasteiger partial charge in [-0.25, -0.2) is 4.98 Å². The average molecular weight is 330 g/mol. The van der Waals surface area contributed by atoms with Crippen LogP contribution in [0, 0.1) is 5.92 Å². The summed E-state index contributed by atoms with van der Waals surface area (Å²) in [5.41, 5.74) is 1.37. The molecule has 23 heavy (non-hydrogen) atoms.